The van der Waals surface area contributed by atoms with Crippen molar-refractivity contribution in [3.05, 3.63) is 24.0 Å². The summed E-state index contributed by atoms with van der Waals surface area (Å²) in [4.78, 5) is 0. The van der Waals surface area contributed by atoms with Crippen LogP contribution in [-0.4, -0.2) is 26.8 Å². The van der Waals surface area contributed by atoms with Gasteiger partial charge in [0.1, 0.15) is 5.82 Å². The first-order valence-corrected chi connectivity index (χ1v) is 5.49. The summed E-state index contributed by atoms with van der Waals surface area (Å²) in [6.45, 7) is -3.28. The fourth-order valence-corrected chi connectivity index (χ4v) is 1.44. The minimum Gasteiger partial charge on any atom is -0.494 e. The minimum absolute atomic E-state index is 0. The molecule has 2 nitrogen and oxygen atoms in total. The van der Waals surface area contributed by atoms with Crippen LogP contribution in [0.5, 0.6) is 5.75 Å². The van der Waals surface area contributed by atoms with E-state index in [-0.39, 0.29) is 57.1 Å². The molecule has 0 aliphatic rings. The van der Waals surface area contributed by atoms with Crippen molar-refractivity contribution in [1.29, 1.82) is 0 Å². The van der Waals surface area contributed by atoms with Gasteiger partial charge in [0.05, 0.1) is 11.9 Å². The second-order valence-electron chi connectivity index (χ2n) is 3.97. The molecule has 0 saturated heterocycles. The molecule has 1 rings (SSSR count). The molecule has 0 aliphatic heterocycles. The molecule has 0 aliphatic carbocycles. The third-order valence-electron chi connectivity index (χ3n) is 2.38. The summed E-state index contributed by atoms with van der Waals surface area (Å²) >= 11 is 0. The Hall–Kier alpha value is 0.401. The summed E-state index contributed by atoms with van der Waals surface area (Å²) < 4.78 is 61.0. The van der Waals surface area contributed by atoms with Crippen molar-refractivity contribution in [2.24, 2.45) is 0 Å². The molecule has 19 heavy (non-hydrogen) atoms. The fourth-order valence-electron chi connectivity index (χ4n) is 1.44. The van der Waals surface area contributed by atoms with Crippen LogP contribution in [0.25, 0.3) is 0 Å². The van der Waals surface area contributed by atoms with Crippen LogP contribution in [0.15, 0.2) is 18.2 Å². The maximum atomic E-state index is 12.9. The van der Waals surface area contributed by atoms with Crippen LogP contribution in [0.4, 0.5) is 17.3 Å². The summed E-state index contributed by atoms with van der Waals surface area (Å²) in [6, 6.07) is 2.41. The first-order valence-electron chi connectivity index (χ1n) is 5.49. The fraction of sp³-hybridized carbons (Fsp3) is 0.455. The van der Waals surface area contributed by atoms with E-state index in [2.05, 4.69) is 0 Å². The van der Waals surface area contributed by atoms with E-state index in [1.54, 1.807) is 6.92 Å². The van der Waals surface area contributed by atoms with Gasteiger partial charge in [0.25, 0.3) is 0 Å². The summed E-state index contributed by atoms with van der Waals surface area (Å²) in [5, 5.41) is 0. The molecule has 0 saturated carbocycles. The second-order valence-corrected chi connectivity index (χ2v) is 3.97. The molecular formula is C11H14BF4KO2. The number of hydrogen-bond donors (Lipinski definition) is 0. The van der Waals surface area contributed by atoms with Crippen LogP contribution in [-0.2, 0) is 4.74 Å². The molecule has 0 bridgehead atoms. The molecule has 1 unspecified atom stereocenters. The van der Waals surface area contributed by atoms with Crippen molar-refractivity contribution < 1.29 is 78.2 Å². The Kier molecular flexibility index (Phi) is 8.82. The maximum Gasteiger partial charge on any atom is 1.00 e. The molecule has 0 amide bonds. The molecule has 0 radical (unpaired) electrons. The Balaban J connectivity index is 0.00000324. The molecule has 0 heterocycles. The number of halogens is 4. The van der Waals surface area contributed by atoms with E-state index in [0.29, 0.717) is 19.1 Å². The summed E-state index contributed by atoms with van der Waals surface area (Å²) in [7, 11) is 1.49. The van der Waals surface area contributed by atoms with Gasteiger partial charge in [0.15, 0.2) is 0 Å². The van der Waals surface area contributed by atoms with Crippen LogP contribution in [0.1, 0.15) is 13.3 Å². The normalized spacial score (nSPS) is 12.7. The summed E-state index contributed by atoms with van der Waals surface area (Å²) in [6.07, 6.45) is 0.0188. The number of hydrogen-bond acceptors (Lipinski definition) is 2. The number of rotatable bonds is 6. The van der Waals surface area contributed by atoms with Crippen molar-refractivity contribution in [2.45, 2.75) is 19.4 Å². The van der Waals surface area contributed by atoms with E-state index in [9.17, 15) is 17.3 Å². The average Bonchev–Trinajstić information content (AvgIpc) is 2.27. The van der Waals surface area contributed by atoms with Crippen LogP contribution in [0.3, 0.4) is 0 Å². The molecule has 1 aromatic carbocycles. The van der Waals surface area contributed by atoms with Gasteiger partial charge in [0.2, 0.25) is 0 Å². The van der Waals surface area contributed by atoms with E-state index in [1.165, 1.54) is 7.11 Å². The maximum absolute atomic E-state index is 12.9. The molecule has 0 aromatic heterocycles. The molecular weight excluding hydrogens is 290 g/mol. The molecule has 1 aromatic rings. The molecule has 8 heteroatoms. The Labute approximate surface area is 152 Å². The van der Waals surface area contributed by atoms with Crippen LogP contribution < -0.4 is 61.6 Å². The van der Waals surface area contributed by atoms with Gasteiger partial charge in [-0.1, -0.05) is 5.46 Å². The van der Waals surface area contributed by atoms with E-state index < -0.39 is 24.4 Å². The Bertz CT molecular complexity index is 401. The molecule has 0 N–H and O–H groups in total. The first kappa shape index (κ1) is 19.4. The Morgan fingerprint density at radius 3 is 2.42 bits per heavy atom. The molecule has 0 spiro atoms. The summed E-state index contributed by atoms with van der Waals surface area (Å²) in [5.41, 5.74) is -1.04. The van der Waals surface area contributed by atoms with Gasteiger partial charge in [-0.3, -0.25) is 0 Å². The monoisotopic (exact) mass is 304 g/mol. The van der Waals surface area contributed by atoms with E-state index >= 15 is 0 Å². The third-order valence-corrected chi connectivity index (χ3v) is 2.38. The standard InChI is InChI=1S/C11H14BF4O2.K/c1-8(5-6-17-2)18-11-4-3-9(13)7-10(11)12(14,15)16;/h3-4,7-8H,5-6H2,1-2H3;/q-1;+1. The average molecular weight is 304 g/mol. The van der Waals surface area contributed by atoms with Gasteiger partial charge in [-0.15, -0.1) is 0 Å². The Morgan fingerprint density at radius 2 is 1.89 bits per heavy atom. The zero-order valence-corrected chi connectivity index (χ0v) is 14.3. The predicted octanol–water partition coefficient (Wildman–Crippen LogP) is -0.312. The van der Waals surface area contributed by atoms with Crippen LogP contribution >= 0.6 is 0 Å². The van der Waals surface area contributed by atoms with Gasteiger partial charge in [-0.25, -0.2) is 4.39 Å². The molecule has 102 valence electrons. The number of ether oxygens (including phenoxy) is 2. The van der Waals surface area contributed by atoms with E-state index in [0.717, 1.165) is 12.1 Å². The molecule has 0 fully saturated rings. The number of methoxy groups -OCH3 is 1. The summed E-state index contributed by atoms with van der Waals surface area (Å²) in [5.74, 6) is -1.27. The van der Waals surface area contributed by atoms with Crippen molar-refractivity contribution in [3.63, 3.8) is 0 Å². The van der Waals surface area contributed by atoms with Crippen LogP contribution in [0, 0.1) is 5.82 Å². The molecule has 1 atom stereocenters. The van der Waals surface area contributed by atoms with Crippen molar-refractivity contribution in [1.82, 2.24) is 0 Å². The zero-order valence-electron chi connectivity index (χ0n) is 11.1. The quantitative estimate of drug-likeness (QED) is 0.530. The second kappa shape index (κ2) is 8.64. The van der Waals surface area contributed by atoms with Gasteiger partial charge >= 0.3 is 58.4 Å². The first-order chi connectivity index (χ1) is 8.34. The largest absolute Gasteiger partial charge is 1.00 e. The zero-order chi connectivity index (χ0) is 13.8. The Morgan fingerprint density at radius 1 is 1.26 bits per heavy atom. The van der Waals surface area contributed by atoms with E-state index in [1.807, 2.05) is 0 Å². The minimum atomic E-state index is -5.30. The number of benzene rings is 1. The SMILES string of the molecule is COCCC(C)Oc1ccc(F)cc1[B-](F)(F)F.[K+]. The predicted molar refractivity (Wildman–Crippen MR) is 61.7 cm³/mol. The van der Waals surface area contributed by atoms with Gasteiger partial charge < -0.3 is 22.4 Å². The topological polar surface area (TPSA) is 18.5 Å². The van der Waals surface area contributed by atoms with Gasteiger partial charge in [-0.05, 0) is 25.1 Å². The third kappa shape index (κ3) is 6.59. The van der Waals surface area contributed by atoms with E-state index in [4.69, 9.17) is 9.47 Å². The van der Waals surface area contributed by atoms with Crippen molar-refractivity contribution in [3.8, 4) is 5.75 Å². The van der Waals surface area contributed by atoms with Gasteiger partial charge in [0, 0.05) is 20.1 Å². The van der Waals surface area contributed by atoms with Gasteiger partial charge in [-0.2, -0.15) is 0 Å². The van der Waals surface area contributed by atoms with Crippen molar-refractivity contribution in [2.75, 3.05) is 13.7 Å². The van der Waals surface area contributed by atoms with Crippen molar-refractivity contribution >= 4 is 12.4 Å². The van der Waals surface area contributed by atoms with Crippen LogP contribution in [0.2, 0.25) is 0 Å². The smallest absolute Gasteiger partial charge is 0.494 e.